The Balaban J connectivity index is 1.83. The van der Waals surface area contributed by atoms with Gasteiger partial charge in [-0.25, -0.2) is 5.01 Å². The molecule has 0 unspecified atom stereocenters. The number of nitriles is 1. The minimum Gasteiger partial charge on any atom is -0.304 e. The number of carbonyl (C=O) groups excluding carboxylic acids is 1. The van der Waals surface area contributed by atoms with Crippen molar-refractivity contribution in [1.82, 2.24) is 15.3 Å². The van der Waals surface area contributed by atoms with Gasteiger partial charge in [-0.15, -0.1) is 0 Å². The molecule has 1 N–H and O–H groups in total. The Morgan fingerprint density at radius 2 is 1.93 bits per heavy atom. The maximum atomic E-state index is 11.7. The molecule has 0 spiro atoms. The molecule has 82 valence electrons. The van der Waals surface area contributed by atoms with Gasteiger partial charge in [-0.1, -0.05) is 0 Å². The van der Waals surface area contributed by atoms with Crippen LogP contribution in [0.2, 0.25) is 0 Å². The zero-order valence-electron chi connectivity index (χ0n) is 8.99. The van der Waals surface area contributed by atoms with E-state index in [1.54, 1.807) is 0 Å². The third-order valence-electron chi connectivity index (χ3n) is 3.16. The van der Waals surface area contributed by atoms with Gasteiger partial charge in [-0.3, -0.25) is 10.2 Å². The second-order valence-corrected chi connectivity index (χ2v) is 4.43. The quantitative estimate of drug-likeness (QED) is 0.669. The smallest absolute Gasteiger partial charge is 0.254 e. The average molecular weight is 208 g/mol. The highest BCUT2D eigenvalue weighted by atomic mass is 16.2. The van der Waals surface area contributed by atoms with Gasteiger partial charge in [0.25, 0.3) is 5.91 Å². The normalized spacial score (nSPS) is 25.6. The van der Waals surface area contributed by atoms with Crippen LogP contribution in [0.5, 0.6) is 0 Å². The third kappa shape index (κ3) is 2.11. The molecule has 1 aliphatic carbocycles. The number of nitrogens with one attached hydrogen (secondary N) is 1. The van der Waals surface area contributed by atoms with E-state index in [1.165, 1.54) is 0 Å². The van der Waals surface area contributed by atoms with Crippen molar-refractivity contribution in [2.45, 2.75) is 12.8 Å². The van der Waals surface area contributed by atoms with Gasteiger partial charge in [0.1, 0.15) is 5.41 Å². The molecule has 2 aliphatic rings. The summed E-state index contributed by atoms with van der Waals surface area (Å²) < 4.78 is 0. The standard InChI is InChI=1S/C10H16N4O/c1-13-4-6-14(7-5-13)12-9(15)10(8-11)2-3-10/h2-7H2,1H3,(H,12,15). The SMILES string of the molecule is CN1CCN(NC(=O)C2(C#N)CC2)CC1. The Hall–Kier alpha value is -1.12. The van der Waals surface area contributed by atoms with Crippen LogP contribution in [0, 0.1) is 16.7 Å². The number of piperazine rings is 1. The van der Waals surface area contributed by atoms with Crippen LogP contribution in [0.3, 0.4) is 0 Å². The van der Waals surface area contributed by atoms with Crippen LogP contribution in [0.4, 0.5) is 0 Å². The van der Waals surface area contributed by atoms with E-state index in [9.17, 15) is 4.79 Å². The lowest BCUT2D eigenvalue weighted by Crippen LogP contribution is -2.54. The second-order valence-electron chi connectivity index (χ2n) is 4.43. The van der Waals surface area contributed by atoms with E-state index in [4.69, 9.17) is 5.26 Å². The summed E-state index contributed by atoms with van der Waals surface area (Å²) in [6.45, 7) is 3.59. The summed E-state index contributed by atoms with van der Waals surface area (Å²) in [6, 6.07) is 2.10. The number of likely N-dealkylation sites (N-methyl/N-ethyl adjacent to an activating group) is 1. The summed E-state index contributed by atoms with van der Waals surface area (Å²) >= 11 is 0. The minimum absolute atomic E-state index is 0.116. The van der Waals surface area contributed by atoms with Gasteiger partial charge in [-0.2, -0.15) is 5.26 Å². The van der Waals surface area contributed by atoms with Crippen molar-refractivity contribution in [1.29, 1.82) is 5.26 Å². The number of amides is 1. The summed E-state index contributed by atoms with van der Waals surface area (Å²) in [4.78, 5) is 13.9. The minimum atomic E-state index is -0.705. The Labute approximate surface area is 89.6 Å². The summed E-state index contributed by atoms with van der Waals surface area (Å²) in [5, 5.41) is 10.8. The molecule has 0 aromatic carbocycles. The summed E-state index contributed by atoms with van der Waals surface area (Å²) in [7, 11) is 2.07. The average Bonchev–Trinajstić information content (AvgIpc) is 3.02. The lowest BCUT2D eigenvalue weighted by Gasteiger charge is -2.32. The van der Waals surface area contributed by atoms with E-state index in [0.717, 1.165) is 26.2 Å². The molecule has 0 bridgehead atoms. The highest BCUT2D eigenvalue weighted by Crippen LogP contribution is 2.44. The third-order valence-corrected chi connectivity index (χ3v) is 3.16. The Morgan fingerprint density at radius 1 is 1.33 bits per heavy atom. The predicted molar refractivity (Wildman–Crippen MR) is 54.5 cm³/mol. The van der Waals surface area contributed by atoms with Crippen LogP contribution < -0.4 is 5.43 Å². The molecule has 1 heterocycles. The van der Waals surface area contributed by atoms with Gasteiger partial charge in [0.2, 0.25) is 0 Å². The molecule has 0 aromatic heterocycles. The number of hydrogen-bond donors (Lipinski definition) is 1. The van der Waals surface area contributed by atoms with Crippen LogP contribution in [0.25, 0.3) is 0 Å². The molecular formula is C10H16N4O. The number of carbonyl (C=O) groups is 1. The summed E-state index contributed by atoms with van der Waals surface area (Å²) in [5.41, 5.74) is 2.13. The van der Waals surface area contributed by atoms with E-state index in [2.05, 4.69) is 23.4 Å². The molecule has 0 radical (unpaired) electrons. The van der Waals surface area contributed by atoms with Gasteiger partial charge in [-0.05, 0) is 19.9 Å². The molecule has 15 heavy (non-hydrogen) atoms. The molecule has 1 aliphatic heterocycles. The molecule has 5 heteroatoms. The molecule has 0 aromatic rings. The lowest BCUT2D eigenvalue weighted by molar-refractivity contribution is -0.130. The summed E-state index contributed by atoms with van der Waals surface area (Å²) in [5.74, 6) is -0.116. The maximum Gasteiger partial charge on any atom is 0.254 e. The van der Waals surface area contributed by atoms with Crippen LogP contribution in [0.1, 0.15) is 12.8 Å². The monoisotopic (exact) mass is 208 g/mol. The summed E-state index contributed by atoms with van der Waals surface area (Å²) in [6.07, 6.45) is 1.42. The first-order valence-electron chi connectivity index (χ1n) is 5.32. The topological polar surface area (TPSA) is 59.4 Å². The first-order valence-corrected chi connectivity index (χ1v) is 5.32. The highest BCUT2D eigenvalue weighted by Gasteiger charge is 2.51. The first-order chi connectivity index (χ1) is 7.16. The molecule has 5 nitrogen and oxygen atoms in total. The molecular weight excluding hydrogens is 192 g/mol. The maximum absolute atomic E-state index is 11.7. The first kappa shape index (κ1) is 10.4. The predicted octanol–water partition coefficient (Wildman–Crippen LogP) is -0.431. The van der Waals surface area contributed by atoms with Crippen molar-refractivity contribution < 1.29 is 4.79 Å². The van der Waals surface area contributed by atoms with Crippen LogP contribution in [0.15, 0.2) is 0 Å². The fourth-order valence-electron chi connectivity index (χ4n) is 1.68. The molecule has 2 fully saturated rings. The van der Waals surface area contributed by atoms with Gasteiger partial charge in [0.15, 0.2) is 0 Å². The molecule has 2 rings (SSSR count). The number of nitrogens with zero attached hydrogens (tertiary/aromatic N) is 3. The van der Waals surface area contributed by atoms with Crippen LogP contribution >= 0.6 is 0 Å². The van der Waals surface area contributed by atoms with Crippen molar-refractivity contribution in [3.8, 4) is 6.07 Å². The van der Waals surface area contributed by atoms with Crippen molar-refractivity contribution >= 4 is 5.91 Å². The fourth-order valence-corrected chi connectivity index (χ4v) is 1.68. The lowest BCUT2D eigenvalue weighted by atomic mass is 10.1. The number of hydrazine groups is 1. The van der Waals surface area contributed by atoms with Gasteiger partial charge in [0.05, 0.1) is 6.07 Å². The second kappa shape index (κ2) is 3.80. The van der Waals surface area contributed by atoms with Crippen molar-refractivity contribution in [3.63, 3.8) is 0 Å². The Kier molecular flexibility index (Phi) is 2.63. The zero-order chi connectivity index (χ0) is 10.9. The fraction of sp³-hybridized carbons (Fsp3) is 0.800. The van der Waals surface area contributed by atoms with E-state index >= 15 is 0 Å². The van der Waals surface area contributed by atoms with Gasteiger partial charge >= 0.3 is 0 Å². The Bertz CT molecular complexity index is 297. The molecule has 1 amide bonds. The largest absolute Gasteiger partial charge is 0.304 e. The number of hydrogen-bond acceptors (Lipinski definition) is 4. The van der Waals surface area contributed by atoms with E-state index < -0.39 is 5.41 Å². The Morgan fingerprint density at radius 3 is 2.40 bits per heavy atom. The molecule has 1 saturated heterocycles. The number of rotatable bonds is 2. The van der Waals surface area contributed by atoms with Crippen molar-refractivity contribution in [2.75, 3.05) is 33.2 Å². The zero-order valence-corrected chi connectivity index (χ0v) is 8.99. The van der Waals surface area contributed by atoms with Crippen LogP contribution in [-0.4, -0.2) is 49.0 Å². The highest BCUT2D eigenvalue weighted by molar-refractivity contribution is 5.87. The van der Waals surface area contributed by atoms with E-state index in [1.807, 2.05) is 5.01 Å². The van der Waals surface area contributed by atoms with Crippen molar-refractivity contribution in [2.24, 2.45) is 5.41 Å². The van der Waals surface area contributed by atoms with Crippen molar-refractivity contribution in [3.05, 3.63) is 0 Å². The molecule has 1 saturated carbocycles. The van der Waals surface area contributed by atoms with E-state index in [-0.39, 0.29) is 5.91 Å². The molecule has 0 atom stereocenters. The van der Waals surface area contributed by atoms with Crippen LogP contribution in [-0.2, 0) is 4.79 Å². The van der Waals surface area contributed by atoms with Gasteiger partial charge < -0.3 is 4.90 Å². The van der Waals surface area contributed by atoms with E-state index in [0.29, 0.717) is 12.8 Å². The van der Waals surface area contributed by atoms with Gasteiger partial charge in [0, 0.05) is 26.2 Å².